The molecule has 0 aliphatic carbocycles. The van der Waals surface area contributed by atoms with E-state index in [4.69, 9.17) is 10.9 Å². The molecule has 5 heteroatoms. The van der Waals surface area contributed by atoms with E-state index in [1.165, 1.54) is 0 Å². The number of aryl methyl sites for hydroxylation is 1. The average molecular weight is 190 g/mol. The Morgan fingerprint density at radius 2 is 2.43 bits per heavy atom. The second kappa shape index (κ2) is 3.02. The predicted molar refractivity (Wildman–Crippen MR) is 53.3 cm³/mol. The molecule has 0 aliphatic rings. The number of hydrogen-bond acceptors (Lipinski definition) is 3. The first-order chi connectivity index (χ1) is 6.72. The number of amidine groups is 1. The fraction of sp³-hybridized carbons (Fsp3) is 0.111. The molecule has 0 saturated carbocycles. The molecule has 2 aromatic heterocycles. The van der Waals surface area contributed by atoms with Gasteiger partial charge in [-0.3, -0.25) is 0 Å². The Bertz CT molecular complexity index is 500. The number of nitrogens with two attached hydrogens (primary N) is 1. The minimum absolute atomic E-state index is 0.0939. The molecule has 0 spiro atoms. The minimum Gasteiger partial charge on any atom is -0.409 e. The number of hydrogen-bond donors (Lipinski definition) is 3. The first kappa shape index (κ1) is 8.55. The van der Waals surface area contributed by atoms with Gasteiger partial charge in [-0.2, -0.15) is 0 Å². The second-order valence-corrected chi connectivity index (χ2v) is 3.06. The zero-order valence-electron chi connectivity index (χ0n) is 7.65. The highest BCUT2D eigenvalue weighted by molar-refractivity contribution is 6.07. The van der Waals surface area contributed by atoms with Crippen LogP contribution in [0, 0.1) is 6.92 Å². The van der Waals surface area contributed by atoms with Gasteiger partial charge in [0.1, 0.15) is 5.65 Å². The topological polar surface area (TPSA) is 87.3 Å². The van der Waals surface area contributed by atoms with Crippen molar-refractivity contribution in [1.29, 1.82) is 0 Å². The van der Waals surface area contributed by atoms with E-state index in [2.05, 4.69) is 15.1 Å². The van der Waals surface area contributed by atoms with Crippen molar-refractivity contribution in [2.75, 3.05) is 0 Å². The van der Waals surface area contributed by atoms with Crippen LogP contribution in [0.3, 0.4) is 0 Å². The van der Waals surface area contributed by atoms with E-state index in [0.717, 1.165) is 16.7 Å². The summed E-state index contributed by atoms with van der Waals surface area (Å²) in [6.45, 7) is 1.93. The highest BCUT2D eigenvalue weighted by Crippen LogP contribution is 2.16. The van der Waals surface area contributed by atoms with Gasteiger partial charge in [0.15, 0.2) is 5.84 Å². The molecule has 0 atom stereocenters. The number of pyridine rings is 1. The predicted octanol–water partition coefficient (Wildman–Crippen LogP) is 0.966. The van der Waals surface area contributed by atoms with Gasteiger partial charge in [-0.1, -0.05) is 5.16 Å². The quantitative estimate of drug-likeness (QED) is 0.271. The van der Waals surface area contributed by atoms with Crippen LogP contribution in [0.25, 0.3) is 11.0 Å². The summed E-state index contributed by atoms with van der Waals surface area (Å²) in [5, 5.41) is 12.4. The highest BCUT2D eigenvalue weighted by Gasteiger charge is 2.07. The summed E-state index contributed by atoms with van der Waals surface area (Å²) in [6, 6.07) is 3.63. The van der Waals surface area contributed by atoms with Gasteiger partial charge in [-0.25, -0.2) is 4.98 Å². The molecule has 0 unspecified atom stereocenters. The van der Waals surface area contributed by atoms with Gasteiger partial charge in [0.25, 0.3) is 0 Å². The standard InChI is InChI=1S/C9H10N4O/c1-5-4-7-6(8(10)13-14)2-3-11-9(7)12-5/h2-4,14H,1H3,(H2,10,13)(H,11,12). The van der Waals surface area contributed by atoms with Crippen LogP contribution in [0.4, 0.5) is 0 Å². The van der Waals surface area contributed by atoms with Gasteiger partial charge in [0.05, 0.1) is 0 Å². The molecule has 14 heavy (non-hydrogen) atoms. The SMILES string of the molecule is Cc1cc2c(C(N)=NO)ccnc2[nH]1. The highest BCUT2D eigenvalue weighted by atomic mass is 16.4. The third kappa shape index (κ3) is 1.19. The van der Waals surface area contributed by atoms with E-state index < -0.39 is 0 Å². The van der Waals surface area contributed by atoms with E-state index in [0.29, 0.717) is 5.56 Å². The maximum Gasteiger partial charge on any atom is 0.170 e. The van der Waals surface area contributed by atoms with Crippen molar-refractivity contribution in [2.45, 2.75) is 6.92 Å². The van der Waals surface area contributed by atoms with Gasteiger partial charge in [0.2, 0.25) is 0 Å². The molecule has 0 aromatic carbocycles. The van der Waals surface area contributed by atoms with Gasteiger partial charge in [-0.15, -0.1) is 0 Å². The molecular formula is C9H10N4O. The van der Waals surface area contributed by atoms with Gasteiger partial charge >= 0.3 is 0 Å². The zero-order chi connectivity index (χ0) is 10.1. The van der Waals surface area contributed by atoms with Gasteiger partial charge < -0.3 is 15.9 Å². The lowest BCUT2D eigenvalue weighted by Gasteiger charge is -1.98. The minimum atomic E-state index is 0.0939. The fourth-order valence-corrected chi connectivity index (χ4v) is 1.44. The summed E-state index contributed by atoms with van der Waals surface area (Å²) in [5.41, 5.74) is 7.94. The molecule has 0 amide bonds. The lowest BCUT2D eigenvalue weighted by Crippen LogP contribution is -2.13. The van der Waals surface area contributed by atoms with Crippen molar-refractivity contribution >= 4 is 16.9 Å². The number of nitrogens with zero attached hydrogens (tertiary/aromatic N) is 2. The number of rotatable bonds is 1. The van der Waals surface area contributed by atoms with Crippen molar-refractivity contribution in [3.8, 4) is 0 Å². The number of nitrogens with one attached hydrogen (secondary N) is 1. The van der Waals surface area contributed by atoms with E-state index in [1.807, 2.05) is 13.0 Å². The van der Waals surface area contributed by atoms with Crippen LogP contribution in [0.5, 0.6) is 0 Å². The van der Waals surface area contributed by atoms with Crippen molar-refractivity contribution in [3.05, 3.63) is 29.6 Å². The van der Waals surface area contributed by atoms with Crippen LogP contribution in [0.1, 0.15) is 11.3 Å². The molecule has 2 rings (SSSR count). The van der Waals surface area contributed by atoms with Crippen LogP contribution < -0.4 is 5.73 Å². The van der Waals surface area contributed by atoms with Crippen molar-refractivity contribution < 1.29 is 5.21 Å². The number of H-pyrrole nitrogens is 1. The lowest BCUT2D eigenvalue weighted by molar-refractivity contribution is 0.318. The first-order valence-corrected chi connectivity index (χ1v) is 4.14. The lowest BCUT2D eigenvalue weighted by atomic mass is 10.1. The van der Waals surface area contributed by atoms with E-state index in [-0.39, 0.29) is 5.84 Å². The zero-order valence-corrected chi connectivity index (χ0v) is 7.65. The van der Waals surface area contributed by atoms with Gasteiger partial charge in [0, 0.05) is 22.8 Å². The summed E-state index contributed by atoms with van der Waals surface area (Å²) in [6.07, 6.45) is 1.62. The Balaban J connectivity index is 2.76. The van der Waals surface area contributed by atoms with Crippen LogP contribution in [0.15, 0.2) is 23.5 Å². The molecular weight excluding hydrogens is 180 g/mol. The largest absolute Gasteiger partial charge is 0.409 e. The number of aromatic nitrogens is 2. The number of oxime groups is 1. The normalized spacial score (nSPS) is 12.2. The Labute approximate surface area is 80.3 Å². The molecule has 0 bridgehead atoms. The molecule has 4 N–H and O–H groups in total. The summed E-state index contributed by atoms with van der Waals surface area (Å²) < 4.78 is 0. The molecule has 5 nitrogen and oxygen atoms in total. The molecule has 0 saturated heterocycles. The Morgan fingerprint density at radius 1 is 1.64 bits per heavy atom. The van der Waals surface area contributed by atoms with Crippen LogP contribution >= 0.6 is 0 Å². The third-order valence-electron chi connectivity index (χ3n) is 2.05. The Kier molecular flexibility index (Phi) is 1.85. The number of aromatic amines is 1. The van der Waals surface area contributed by atoms with E-state index >= 15 is 0 Å². The van der Waals surface area contributed by atoms with Crippen molar-refractivity contribution in [2.24, 2.45) is 10.9 Å². The molecule has 0 fully saturated rings. The molecule has 2 aromatic rings. The van der Waals surface area contributed by atoms with Crippen LogP contribution in [0.2, 0.25) is 0 Å². The number of fused-ring (bicyclic) bond motifs is 1. The molecule has 2 heterocycles. The Morgan fingerprint density at radius 3 is 3.14 bits per heavy atom. The average Bonchev–Trinajstić information content (AvgIpc) is 2.56. The van der Waals surface area contributed by atoms with Crippen LogP contribution in [-0.4, -0.2) is 21.0 Å². The third-order valence-corrected chi connectivity index (χ3v) is 2.05. The summed E-state index contributed by atoms with van der Waals surface area (Å²) >= 11 is 0. The Hall–Kier alpha value is -2.04. The van der Waals surface area contributed by atoms with Crippen molar-refractivity contribution in [1.82, 2.24) is 9.97 Å². The first-order valence-electron chi connectivity index (χ1n) is 4.14. The second-order valence-electron chi connectivity index (χ2n) is 3.06. The molecule has 72 valence electrons. The summed E-state index contributed by atoms with van der Waals surface area (Å²) in [7, 11) is 0. The monoisotopic (exact) mass is 190 g/mol. The summed E-state index contributed by atoms with van der Waals surface area (Å²) in [5.74, 6) is 0.0939. The fourth-order valence-electron chi connectivity index (χ4n) is 1.44. The van der Waals surface area contributed by atoms with E-state index in [1.54, 1.807) is 12.3 Å². The molecule has 0 aliphatic heterocycles. The molecule has 0 radical (unpaired) electrons. The van der Waals surface area contributed by atoms with Gasteiger partial charge in [-0.05, 0) is 19.1 Å². The smallest absolute Gasteiger partial charge is 0.170 e. The summed E-state index contributed by atoms with van der Waals surface area (Å²) in [4.78, 5) is 7.21. The maximum absolute atomic E-state index is 8.59. The van der Waals surface area contributed by atoms with Crippen molar-refractivity contribution in [3.63, 3.8) is 0 Å². The van der Waals surface area contributed by atoms with E-state index in [9.17, 15) is 0 Å². The maximum atomic E-state index is 8.59. The van der Waals surface area contributed by atoms with Crippen LogP contribution in [-0.2, 0) is 0 Å².